The maximum atomic E-state index is 13.1. The van der Waals surface area contributed by atoms with E-state index in [2.05, 4.69) is 39.4 Å². The van der Waals surface area contributed by atoms with Crippen molar-refractivity contribution in [3.05, 3.63) is 65.7 Å². The molecule has 0 aliphatic carbocycles. The van der Waals surface area contributed by atoms with Crippen molar-refractivity contribution < 1.29 is 17.9 Å². The Morgan fingerprint density at radius 2 is 1.66 bits per heavy atom. The van der Waals surface area contributed by atoms with E-state index < -0.39 is 10.0 Å². The van der Waals surface area contributed by atoms with Crippen LogP contribution in [0.3, 0.4) is 0 Å². The topological polar surface area (TPSA) is 82.2 Å². The Labute approximate surface area is 208 Å². The van der Waals surface area contributed by atoms with Gasteiger partial charge < -0.3 is 10.1 Å². The summed E-state index contributed by atoms with van der Waals surface area (Å²) >= 11 is 0. The molecule has 1 amide bonds. The highest BCUT2D eigenvalue weighted by Crippen LogP contribution is 2.24. The first-order valence-electron chi connectivity index (χ1n) is 12.1. The van der Waals surface area contributed by atoms with Gasteiger partial charge in [0.2, 0.25) is 15.9 Å². The Bertz CT molecular complexity index is 1120. The summed E-state index contributed by atoms with van der Waals surface area (Å²) in [7, 11) is -3.63. The maximum absolute atomic E-state index is 13.1. The average Bonchev–Trinajstić information content (AvgIpc) is 2.87. The molecule has 2 aliphatic heterocycles. The zero-order valence-corrected chi connectivity index (χ0v) is 21.0. The van der Waals surface area contributed by atoms with Crippen molar-refractivity contribution >= 4 is 27.7 Å². The van der Waals surface area contributed by atoms with E-state index in [1.54, 1.807) is 25.1 Å². The summed E-state index contributed by atoms with van der Waals surface area (Å²) in [6.07, 6.45) is 4.31. The van der Waals surface area contributed by atoms with Crippen molar-refractivity contribution in [2.75, 3.05) is 70.9 Å². The Morgan fingerprint density at radius 1 is 0.971 bits per heavy atom. The van der Waals surface area contributed by atoms with Crippen LogP contribution in [0.2, 0.25) is 0 Å². The number of carbonyl (C=O) groups excluding carboxylic acids is 1. The molecule has 0 spiro atoms. The summed E-state index contributed by atoms with van der Waals surface area (Å²) in [4.78, 5) is 17.4. The largest absolute Gasteiger partial charge is 0.379 e. The first-order chi connectivity index (χ1) is 16.9. The summed E-state index contributed by atoms with van der Waals surface area (Å²) in [5.74, 6) is -0.138. The van der Waals surface area contributed by atoms with Crippen LogP contribution in [-0.4, -0.2) is 94.0 Å². The standard InChI is InChI=1S/C26H34N4O4S/c1-22-9-10-24(20-25(22)35(32,33)30-16-18-34-19-17-30)27-26(31)21-29-14-12-28(13-15-29)11-5-8-23-6-3-2-4-7-23/h2-10,20H,11-19,21H2,1H3,(H,27,31)/b8-5+. The number of nitrogens with zero attached hydrogens (tertiary/aromatic N) is 3. The summed E-state index contributed by atoms with van der Waals surface area (Å²) in [5.41, 5.74) is 2.35. The zero-order valence-electron chi connectivity index (χ0n) is 20.2. The lowest BCUT2D eigenvalue weighted by atomic mass is 10.2. The molecule has 4 rings (SSSR count). The minimum atomic E-state index is -3.63. The molecule has 2 aliphatic rings. The molecule has 0 aromatic heterocycles. The molecule has 0 radical (unpaired) electrons. The highest BCUT2D eigenvalue weighted by molar-refractivity contribution is 7.89. The Kier molecular flexibility index (Phi) is 8.69. The number of aryl methyl sites for hydroxylation is 1. The number of hydrogen-bond donors (Lipinski definition) is 1. The second-order valence-corrected chi connectivity index (χ2v) is 10.8. The third kappa shape index (κ3) is 6.99. The molecule has 1 N–H and O–H groups in total. The normalized spacial score (nSPS) is 18.7. The van der Waals surface area contributed by atoms with Gasteiger partial charge in [-0.1, -0.05) is 48.6 Å². The minimum absolute atomic E-state index is 0.138. The molecule has 2 fully saturated rings. The summed E-state index contributed by atoms with van der Waals surface area (Å²) in [6, 6.07) is 15.3. The molecule has 2 saturated heterocycles. The molecule has 0 atom stereocenters. The number of hydrogen-bond acceptors (Lipinski definition) is 6. The van der Waals surface area contributed by atoms with E-state index >= 15 is 0 Å². The molecule has 0 unspecified atom stereocenters. The summed E-state index contributed by atoms with van der Waals surface area (Å²) in [5, 5.41) is 2.88. The van der Waals surface area contributed by atoms with Crippen LogP contribution in [0.15, 0.2) is 59.5 Å². The van der Waals surface area contributed by atoms with Crippen LogP contribution in [0.1, 0.15) is 11.1 Å². The third-order valence-corrected chi connectivity index (χ3v) is 8.41. The SMILES string of the molecule is Cc1ccc(NC(=O)CN2CCN(C/C=C/c3ccccc3)CC2)cc1S(=O)(=O)N1CCOCC1. The lowest BCUT2D eigenvalue weighted by Crippen LogP contribution is -2.48. The number of amides is 1. The highest BCUT2D eigenvalue weighted by atomic mass is 32.2. The fourth-order valence-electron chi connectivity index (χ4n) is 4.32. The fraction of sp³-hybridized carbons (Fsp3) is 0.423. The van der Waals surface area contributed by atoms with Gasteiger partial charge in [-0.05, 0) is 30.2 Å². The average molecular weight is 499 g/mol. The molecular formula is C26H34N4O4S. The number of ether oxygens (including phenoxy) is 1. The first-order valence-corrected chi connectivity index (χ1v) is 13.5. The molecule has 0 bridgehead atoms. The molecule has 0 saturated carbocycles. The lowest BCUT2D eigenvalue weighted by Gasteiger charge is -2.33. The van der Waals surface area contributed by atoms with E-state index in [0.29, 0.717) is 37.6 Å². The van der Waals surface area contributed by atoms with Gasteiger partial charge in [0.25, 0.3) is 0 Å². The number of carbonyl (C=O) groups is 1. The van der Waals surface area contributed by atoms with Gasteiger partial charge in [0.15, 0.2) is 0 Å². The number of sulfonamides is 1. The summed E-state index contributed by atoms with van der Waals surface area (Å²) < 4.78 is 32.9. The number of morpholine rings is 1. The van der Waals surface area contributed by atoms with E-state index in [4.69, 9.17) is 4.74 Å². The van der Waals surface area contributed by atoms with Crippen LogP contribution in [0, 0.1) is 6.92 Å². The van der Waals surface area contributed by atoms with Crippen molar-refractivity contribution in [1.29, 1.82) is 0 Å². The monoisotopic (exact) mass is 498 g/mol. The predicted octanol–water partition coefficient (Wildman–Crippen LogP) is 2.29. The van der Waals surface area contributed by atoms with E-state index in [0.717, 1.165) is 32.7 Å². The molecule has 2 heterocycles. The van der Waals surface area contributed by atoms with Crippen molar-refractivity contribution in [3.63, 3.8) is 0 Å². The predicted molar refractivity (Wildman–Crippen MR) is 138 cm³/mol. The van der Waals surface area contributed by atoms with Gasteiger partial charge in [0, 0.05) is 51.5 Å². The van der Waals surface area contributed by atoms with Gasteiger partial charge >= 0.3 is 0 Å². The molecule has 35 heavy (non-hydrogen) atoms. The maximum Gasteiger partial charge on any atom is 0.243 e. The fourth-order valence-corrected chi connectivity index (χ4v) is 5.98. The quantitative estimate of drug-likeness (QED) is 0.602. The number of anilines is 1. The van der Waals surface area contributed by atoms with E-state index in [1.165, 1.54) is 9.87 Å². The number of nitrogens with one attached hydrogen (secondary N) is 1. The van der Waals surface area contributed by atoms with Crippen LogP contribution in [0.5, 0.6) is 0 Å². The van der Waals surface area contributed by atoms with Crippen molar-refractivity contribution in [1.82, 2.24) is 14.1 Å². The Hall–Kier alpha value is -2.56. The lowest BCUT2D eigenvalue weighted by molar-refractivity contribution is -0.117. The van der Waals surface area contributed by atoms with E-state index in [-0.39, 0.29) is 17.3 Å². The smallest absolute Gasteiger partial charge is 0.243 e. The van der Waals surface area contributed by atoms with Crippen LogP contribution in [0.25, 0.3) is 6.08 Å². The van der Waals surface area contributed by atoms with Gasteiger partial charge in [-0.3, -0.25) is 14.6 Å². The van der Waals surface area contributed by atoms with Gasteiger partial charge in [-0.25, -0.2) is 8.42 Å². The highest BCUT2D eigenvalue weighted by Gasteiger charge is 2.28. The minimum Gasteiger partial charge on any atom is -0.379 e. The van der Waals surface area contributed by atoms with Crippen molar-refractivity contribution in [3.8, 4) is 0 Å². The summed E-state index contributed by atoms with van der Waals surface area (Å²) in [6.45, 7) is 7.85. The van der Waals surface area contributed by atoms with Crippen LogP contribution >= 0.6 is 0 Å². The van der Waals surface area contributed by atoms with Gasteiger partial charge in [-0.2, -0.15) is 4.31 Å². The van der Waals surface area contributed by atoms with Crippen molar-refractivity contribution in [2.45, 2.75) is 11.8 Å². The van der Waals surface area contributed by atoms with E-state index in [1.807, 2.05) is 18.2 Å². The third-order valence-electron chi connectivity index (χ3n) is 6.37. The van der Waals surface area contributed by atoms with Gasteiger partial charge in [0.05, 0.1) is 24.7 Å². The number of benzene rings is 2. The molecule has 2 aromatic rings. The van der Waals surface area contributed by atoms with Gasteiger partial charge in [-0.15, -0.1) is 0 Å². The second kappa shape index (κ2) is 11.9. The second-order valence-electron chi connectivity index (χ2n) is 8.93. The molecule has 8 nitrogen and oxygen atoms in total. The Morgan fingerprint density at radius 3 is 2.37 bits per heavy atom. The number of piperazine rings is 1. The van der Waals surface area contributed by atoms with Crippen LogP contribution in [-0.2, 0) is 19.6 Å². The molecule has 9 heteroatoms. The van der Waals surface area contributed by atoms with Crippen LogP contribution in [0.4, 0.5) is 5.69 Å². The first kappa shape index (κ1) is 25.5. The molecule has 188 valence electrons. The van der Waals surface area contributed by atoms with Crippen molar-refractivity contribution in [2.24, 2.45) is 0 Å². The van der Waals surface area contributed by atoms with E-state index in [9.17, 15) is 13.2 Å². The van der Waals surface area contributed by atoms with Crippen LogP contribution < -0.4 is 5.32 Å². The van der Waals surface area contributed by atoms with Gasteiger partial charge in [0.1, 0.15) is 0 Å². The zero-order chi connectivity index (χ0) is 24.7. The molecular weight excluding hydrogens is 464 g/mol. The Balaban J connectivity index is 1.27. The molecule has 2 aromatic carbocycles. The number of rotatable bonds is 8.